The minimum Gasteiger partial charge on any atom is -0.469 e. The number of hydrogen-bond acceptors (Lipinski definition) is 3. The summed E-state index contributed by atoms with van der Waals surface area (Å²) in [4.78, 5) is 11.8. The lowest BCUT2D eigenvalue weighted by Gasteiger charge is -2.34. The van der Waals surface area contributed by atoms with Crippen molar-refractivity contribution in [1.82, 2.24) is 0 Å². The summed E-state index contributed by atoms with van der Waals surface area (Å²) in [6.07, 6.45) is 0. The average Bonchev–Trinajstić information content (AvgIpc) is 2.31. The van der Waals surface area contributed by atoms with Crippen molar-refractivity contribution in [1.29, 1.82) is 0 Å². The molecule has 0 spiro atoms. The third-order valence-electron chi connectivity index (χ3n) is 3.20. The van der Waals surface area contributed by atoms with E-state index in [1.54, 1.807) is 13.8 Å². The van der Waals surface area contributed by atoms with Crippen LogP contribution in [0.3, 0.4) is 0 Å². The molecule has 0 radical (unpaired) electrons. The SMILES string of the molecule is COC(=O)C(C(C)C)C(C)(O)c1cc(F)ccc1F. The Bertz CT molecular complexity index is 470. The maximum absolute atomic E-state index is 13.8. The molecule has 5 heteroatoms. The van der Waals surface area contributed by atoms with Crippen LogP contribution in [0, 0.1) is 23.5 Å². The molecular weight excluding hydrogens is 254 g/mol. The van der Waals surface area contributed by atoms with Crippen molar-refractivity contribution < 1.29 is 23.4 Å². The van der Waals surface area contributed by atoms with Gasteiger partial charge in [0.05, 0.1) is 13.0 Å². The van der Waals surface area contributed by atoms with Gasteiger partial charge in [0.1, 0.15) is 17.2 Å². The van der Waals surface area contributed by atoms with Crippen LogP contribution in [-0.2, 0) is 15.1 Å². The van der Waals surface area contributed by atoms with E-state index in [1.807, 2.05) is 0 Å². The fourth-order valence-corrected chi connectivity index (χ4v) is 2.33. The molecule has 106 valence electrons. The number of rotatable bonds is 4. The second-order valence-electron chi connectivity index (χ2n) is 5.02. The van der Waals surface area contributed by atoms with Crippen molar-refractivity contribution in [2.75, 3.05) is 7.11 Å². The number of carbonyl (C=O) groups excluding carboxylic acids is 1. The van der Waals surface area contributed by atoms with E-state index < -0.39 is 29.1 Å². The Kier molecular flexibility index (Phi) is 4.63. The molecule has 3 nitrogen and oxygen atoms in total. The molecule has 1 aromatic carbocycles. The van der Waals surface area contributed by atoms with E-state index in [9.17, 15) is 18.7 Å². The van der Waals surface area contributed by atoms with Crippen LogP contribution in [-0.4, -0.2) is 18.2 Å². The first-order valence-corrected chi connectivity index (χ1v) is 5.97. The zero-order chi connectivity index (χ0) is 14.8. The van der Waals surface area contributed by atoms with E-state index in [4.69, 9.17) is 0 Å². The highest BCUT2D eigenvalue weighted by molar-refractivity contribution is 5.74. The molecule has 0 aromatic heterocycles. The standard InChI is InChI=1S/C14H18F2O3/c1-8(2)12(13(17)19-4)14(3,18)10-7-9(15)5-6-11(10)16/h5-8,12,18H,1-4H3. The molecular formula is C14H18F2O3. The highest BCUT2D eigenvalue weighted by Gasteiger charge is 2.43. The summed E-state index contributed by atoms with van der Waals surface area (Å²) in [7, 11) is 1.19. The zero-order valence-corrected chi connectivity index (χ0v) is 11.4. The summed E-state index contributed by atoms with van der Waals surface area (Å²) < 4.78 is 31.6. The summed E-state index contributed by atoms with van der Waals surface area (Å²) in [5.41, 5.74) is -2.11. The predicted molar refractivity (Wildman–Crippen MR) is 66.3 cm³/mol. The minimum atomic E-state index is -1.85. The Morgan fingerprint density at radius 1 is 1.37 bits per heavy atom. The minimum absolute atomic E-state index is 0.253. The normalized spacial score (nSPS) is 16.0. The van der Waals surface area contributed by atoms with Crippen LogP contribution < -0.4 is 0 Å². The lowest BCUT2D eigenvalue weighted by atomic mass is 9.76. The average molecular weight is 272 g/mol. The fourth-order valence-electron chi connectivity index (χ4n) is 2.33. The number of carbonyl (C=O) groups is 1. The van der Waals surface area contributed by atoms with Gasteiger partial charge in [-0.05, 0) is 31.0 Å². The van der Waals surface area contributed by atoms with Crippen molar-refractivity contribution in [2.45, 2.75) is 26.4 Å². The molecule has 1 N–H and O–H groups in total. The maximum atomic E-state index is 13.8. The predicted octanol–water partition coefficient (Wildman–Crippen LogP) is 2.62. The number of benzene rings is 1. The van der Waals surface area contributed by atoms with Gasteiger partial charge >= 0.3 is 5.97 Å². The molecule has 0 saturated heterocycles. The number of aliphatic hydroxyl groups is 1. The van der Waals surface area contributed by atoms with Gasteiger partial charge in [0.2, 0.25) is 0 Å². The first kappa shape index (κ1) is 15.6. The molecule has 0 saturated carbocycles. The Hall–Kier alpha value is -1.49. The first-order chi connectivity index (χ1) is 8.71. The van der Waals surface area contributed by atoms with Crippen LogP contribution in [0.15, 0.2) is 18.2 Å². The molecule has 1 rings (SSSR count). The number of methoxy groups -OCH3 is 1. The number of hydrogen-bond donors (Lipinski definition) is 1. The van der Waals surface area contributed by atoms with Gasteiger partial charge in [-0.25, -0.2) is 8.78 Å². The summed E-state index contributed by atoms with van der Waals surface area (Å²) in [5, 5.41) is 10.5. The molecule has 0 bridgehead atoms. The van der Waals surface area contributed by atoms with Gasteiger partial charge in [-0.1, -0.05) is 13.8 Å². The van der Waals surface area contributed by atoms with Crippen molar-refractivity contribution in [2.24, 2.45) is 11.8 Å². The van der Waals surface area contributed by atoms with E-state index in [1.165, 1.54) is 14.0 Å². The molecule has 2 unspecified atom stereocenters. The van der Waals surface area contributed by atoms with E-state index in [-0.39, 0.29) is 11.5 Å². The zero-order valence-electron chi connectivity index (χ0n) is 11.4. The van der Waals surface area contributed by atoms with Crippen molar-refractivity contribution >= 4 is 5.97 Å². The fraction of sp³-hybridized carbons (Fsp3) is 0.500. The van der Waals surface area contributed by atoms with Gasteiger partial charge in [0.25, 0.3) is 0 Å². The van der Waals surface area contributed by atoms with E-state index in [0.717, 1.165) is 18.2 Å². The first-order valence-electron chi connectivity index (χ1n) is 5.97. The number of halogens is 2. The Morgan fingerprint density at radius 3 is 2.42 bits per heavy atom. The molecule has 0 amide bonds. The van der Waals surface area contributed by atoms with Crippen LogP contribution in [0.1, 0.15) is 26.3 Å². The van der Waals surface area contributed by atoms with E-state index in [2.05, 4.69) is 4.74 Å². The van der Waals surface area contributed by atoms with Crippen molar-refractivity contribution in [3.8, 4) is 0 Å². The second kappa shape index (κ2) is 5.65. The molecule has 1 aromatic rings. The monoisotopic (exact) mass is 272 g/mol. The largest absolute Gasteiger partial charge is 0.469 e. The summed E-state index contributed by atoms with van der Waals surface area (Å²) in [5.74, 6) is -3.40. The van der Waals surface area contributed by atoms with Gasteiger partial charge in [0, 0.05) is 5.56 Å². The van der Waals surface area contributed by atoms with Crippen LogP contribution >= 0.6 is 0 Å². The highest BCUT2D eigenvalue weighted by atomic mass is 19.1. The van der Waals surface area contributed by atoms with Gasteiger partial charge in [-0.2, -0.15) is 0 Å². The maximum Gasteiger partial charge on any atom is 0.312 e. The lowest BCUT2D eigenvalue weighted by molar-refractivity contribution is -0.159. The third-order valence-corrected chi connectivity index (χ3v) is 3.20. The van der Waals surface area contributed by atoms with Gasteiger partial charge in [-0.15, -0.1) is 0 Å². The molecule has 0 heterocycles. The van der Waals surface area contributed by atoms with Gasteiger partial charge < -0.3 is 9.84 Å². The summed E-state index contributed by atoms with van der Waals surface area (Å²) in [6.45, 7) is 4.69. The van der Waals surface area contributed by atoms with Crippen LogP contribution in [0.2, 0.25) is 0 Å². The van der Waals surface area contributed by atoms with Gasteiger partial charge in [-0.3, -0.25) is 4.79 Å². The van der Waals surface area contributed by atoms with Crippen LogP contribution in [0.25, 0.3) is 0 Å². The Labute approximate surface area is 111 Å². The quantitative estimate of drug-likeness (QED) is 0.857. The van der Waals surface area contributed by atoms with Gasteiger partial charge in [0.15, 0.2) is 0 Å². The molecule has 19 heavy (non-hydrogen) atoms. The topological polar surface area (TPSA) is 46.5 Å². The van der Waals surface area contributed by atoms with Crippen LogP contribution in [0.5, 0.6) is 0 Å². The number of ether oxygens (including phenoxy) is 1. The van der Waals surface area contributed by atoms with Crippen LogP contribution in [0.4, 0.5) is 8.78 Å². The molecule has 2 atom stereocenters. The Balaban J connectivity index is 3.33. The third kappa shape index (κ3) is 3.10. The van der Waals surface area contributed by atoms with E-state index in [0.29, 0.717) is 0 Å². The smallest absolute Gasteiger partial charge is 0.312 e. The van der Waals surface area contributed by atoms with Crippen molar-refractivity contribution in [3.63, 3.8) is 0 Å². The molecule has 0 aliphatic heterocycles. The second-order valence-corrected chi connectivity index (χ2v) is 5.02. The summed E-state index contributed by atoms with van der Waals surface area (Å²) >= 11 is 0. The van der Waals surface area contributed by atoms with E-state index >= 15 is 0 Å². The van der Waals surface area contributed by atoms with Crippen molar-refractivity contribution in [3.05, 3.63) is 35.4 Å². The summed E-state index contributed by atoms with van der Waals surface area (Å²) in [6, 6.07) is 2.78. The Morgan fingerprint density at radius 2 is 1.95 bits per heavy atom. The highest BCUT2D eigenvalue weighted by Crippen LogP contribution is 2.36. The molecule has 0 aliphatic carbocycles. The molecule has 0 aliphatic rings. The number of esters is 1. The lowest BCUT2D eigenvalue weighted by Crippen LogP contribution is -2.41. The molecule has 0 fully saturated rings.